The number of carbonyl (C=O) groups excluding carboxylic acids is 2. The topological polar surface area (TPSA) is 67.7 Å². The monoisotopic (exact) mass is 356 g/mol. The molecule has 2 rings (SSSR count). The summed E-state index contributed by atoms with van der Waals surface area (Å²) >= 11 is 0. The van der Waals surface area contributed by atoms with Crippen LogP contribution in [0.3, 0.4) is 0 Å². The van der Waals surface area contributed by atoms with Crippen molar-refractivity contribution in [1.82, 2.24) is 9.80 Å². The third-order valence-corrected chi connectivity index (χ3v) is 4.48. The first-order chi connectivity index (χ1) is 12.3. The van der Waals surface area contributed by atoms with Gasteiger partial charge in [0, 0.05) is 43.8 Å². The Kier molecular flexibility index (Phi) is 6.76. The first-order valence-corrected chi connectivity index (χ1v) is 9.07. The summed E-state index contributed by atoms with van der Waals surface area (Å²) in [6.07, 6.45) is 0.300. The van der Waals surface area contributed by atoms with Crippen molar-refractivity contribution < 1.29 is 9.59 Å². The second-order valence-corrected chi connectivity index (χ2v) is 7.61. The third kappa shape index (κ3) is 5.30. The molecule has 1 saturated heterocycles. The second-order valence-electron chi connectivity index (χ2n) is 7.61. The van der Waals surface area contributed by atoms with Crippen LogP contribution in [0, 0.1) is 16.7 Å². The molecule has 1 heterocycles. The van der Waals surface area contributed by atoms with Crippen molar-refractivity contribution >= 4 is 17.5 Å². The van der Waals surface area contributed by atoms with E-state index in [2.05, 4.69) is 11.0 Å². The average Bonchev–Trinajstić information content (AvgIpc) is 2.62. The molecule has 0 unspecified atom stereocenters. The first-order valence-electron chi connectivity index (χ1n) is 9.07. The molecule has 0 saturated carbocycles. The van der Waals surface area contributed by atoms with Gasteiger partial charge in [-0.3, -0.25) is 14.5 Å². The van der Waals surface area contributed by atoms with E-state index in [9.17, 15) is 9.59 Å². The van der Waals surface area contributed by atoms with Crippen molar-refractivity contribution in [2.75, 3.05) is 44.2 Å². The van der Waals surface area contributed by atoms with Crippen LogP contribution in [0.15, 0.2) is 30.3 Å². The van der Waals surface area contributed by atoms with Gasteiger partial charge in [-0.15, -0.1) is 0 Å². The van der Waals surface area contributed by atoms with Crippen molar-refractivity contribution in [2.45, 2.75) is 27.2 Å². The average molecular weight is 356 g/mol. The Hall–Kier alpha value is -2.39. The maximum Gasteiger partial charge on any atom is 0.241 e. The fraction of sp³-hybridized carbons (Fsp3) is 0.550. The Bertz CT molecular complexity index is 653. The molecule has 6 nitrogen and oxygen atoms in total. The number of anilines is 1. The highest BCUT2D eigenvalue weighted by atomic mass is 16.2. The molecule has 140 valence electrons. The van der Waals surface area contributed by atoms with E-state index in [-0.39, 0.29) is 17.2 Å². The van der Waals surface area contributed by atoms with E-state index in [1.54, 1.807) is 4.90 Å². The molecular weight excluding hydrogens is 328 g/mol. The molecule has 2 amide bonds. The molecule has 1 aromatic carbocycles. The molecule has 1 aliphatic rings. The van der Waals surface area contributed by atoms with Crippen LogP contribution in [-0.2, 0) is 9.59 Å². The molecule has 0 aromatic heterocycles. The van der Waals surface area contributed by atoms with Crippen LogP contribution in [-0.4, -0.2) is 60.9 Å². The lowest BCUT2D eigenvalue weighted by Crippen LogP contribution is -2.53. The van der Waals surface area contributed by atoms with Crippen molar-refractivity contribution in [1.29, 1.82) is 5.26 Å². The number of hydrogen-bond acceptors (Lipinski definition) is 4. The van der Waals surface area contributed by atoms with Crippen LogP contribution in [0.2, 0.25) is 0 Å². The van der Waals surface area contributed by atoms with Gasteiger partial charge in [-0.25, -0.2) is 0 Å². The number of para-hydroxylation sites is 1. The molecule has 6 heteroatoms. The minimum absolute atomic E-state index is 0.0120. The number of carbonyl (C=O) groups is 2. The van der Waals surface area contributed by atoms with Crippen LogP contribution in [0.4, 0.5) is 5.69 Å². The van der Waals surface area contributed by atoms with Gasteiger partial charge in [0.1, 0.15) is 0 Å². The van der Waals surface area contributed by atoms with Crippen molar-refractivity contribution in [2.24, 2.45) is 5.41 Å². The zero-order chi connectivity index (χ0) is 19.2. The predicted molar refractivity (Wildman–Crippen MR) is 102 cm³/mol. The molecule has 1 aliphatic heterocycles. The van der Waals surface area contributed by atoms with Gasteiger partial charge in [0.25, 0.3) is 0 Å². The largest absolute Gasteiger partial charge is 0.340 e. The van der Waals surface area contributed by atoms with Crippen LogP contribution in [0.25, 0.3) is 0 Å². The minimum Gasteiger partial charge on any atom is -0.340 e. The van der Waals surface area contributed by atoms with Gasteiger partial charge in [0.05, 0.1) is 19.0 Å². The van der Waals surface area contributed by atoms with E-state index in [1.165, 1.54) is 0 Å². The summed E-state index contributed by atoms with van der Waals surface area (Å²) in [6, 6.07) is 11.6. The maximum absolute atomic E-state index is 12.8. The summed E-state index contributed by atoms with van der Waals surface area (Å²) in [4.78, 5) is 30.8. The summed E-state index contributed by atoms with van der Waals surface area (Å²) in [5, 5.41) is 8.88. The van der Waals surface area contributed by atoms with E-state index in [0.29, 0.717) is 45.7 Å². The Morgan fingerprint density at radius 3 is 2.27 bits per heavy atom. The highest BCUT2D eigenvalue weighted by molar-refractivity contribution is 5.94. The van der Waals surface area contributed by atoms with E-state index in [0.717, 1.165) is 5.69 Å². The first kappa shape index (κ1) is 19.9. The zero-order valence-electron chi connectivity index (χ0n) is 15.9. The number of hydrogen-bond donors (Lipinski definition) is 0. The lowest BCUT2D eigenvalue weighted by molar-refractivity contribution is -0.141. The van der Waals surface area contributed by atoms with E-state index >= 15 is 0 Å². The maximum atomic E-state index is 12.8. The molecule has 1 aromatic rings. The lowest BCUT2D eigenvalue weighted by Gasteiger charge is -2.38. The predicted octanol–water partition coefficient (Wildman–Crippen LogP) is 2.12. The van der Waals surface area contributed by atoms with E-state index in [4.69, 9.17) is 5.26 Å². The van der Waals surface area contributed by atoms with Gasteiger partial charge < -0.3 is 9.80 Å². The lowest BCUT2D eigenvalue weighted by atomic mass is 9.94. The van der Waals surface area contributed by atoms with Crippen molar-refractivity contribution in [3.05, 3.63) is 30.3 Å². The number of piperazine rings is 1. The summed E-state index contributed by atoms with van der Waals surface area (Å²) in [5.74, 6) is 0.144. The Labute approximate surface area is 156 Å². The fourth-order valence-electron chi connectivity index (χ4n) is 3.03. The summed E-state index contributed by atoms with van der Waals surface area (Å²) in [7, 11) is 0. The smallest absolute Gasteiger partial charge is 0.241 e. The Morgan fingerprint density at radius 2 is 1.73 bits per heavy atom. The quantitative estimate of drug-likeness (QED) is 0.810. The van der Waals surface area contributed by atoms with Crippen LogP contribution < -0.4 is 4.90 Å². The normalized spacial score (nSPS) is 15.4. The molecule has 0 spiro atoms. The van der Waals surface area contributed by atoms with Crippen molar-refractivity contribution in [3.8, 4) is 6.07 Å². The number of nitrogens with zero attached hydrogens (tertiary/aromatic N) is 4. The van der Waals surface area contributed by atoms with Gasteiger partial charge in [-0.1, -0.05) is 39.0 Å². The summed E-state index contributed by atoms with van der Waals surface area (Å²) in [6.45, 7) is 9.15. The van der Waals surface area contributed by atoms with Crippen LogP contribution in [0.1, 0.15) is 27.2 Å². The Balaban J connectivity index is 1.94. The Morgan fingerprint density at radius 1 is 1.12 bits per heavy atom. The molecular formula is C20H28N4O2. The van der Waals surface area contributed by atoms with Gasteiger partial charge >= 0.3 is 0 Å². The molecule has 0 N–H and O–H groups in total. The van der Waals surface area contributed by atoms with Gasteiger partial charge in [0.15, 0.2) is 0 Å². The molecule has 0 aliphatic carbocycles. The fourth-order valence-corrected chi connectivity index (χ4v) is 3.03. The zero-order valence-corrected chi connectivity index (χ0v) is 15.9. The van der Waals surface area contributed by atoms with Gasteiger partial charge in [-0.05, 0) is 12.1 Å². The number of benzene rings is 1. The number of nitriles is 1. The summed E-state index contributed by atoms with van der Waals surface area (Å²) < 4.78 is 0. The van der Waals surface area contributed by atoms with Crippen LogP contribution >= 0.6 is 0 Å². The standard InChI is InChI=1S/C20H28N4O2/c1-20(2,3)19(26)23-14-12-22(13-15-23)16-18(25)24(11-7-10-21)17-8-5-4-6-9-17/h4-6,8-9H,7,11-16H2,1-3H3. The minimum atomic E-state index is -0.376. The van der Waals surface area contributed by atoms with Gasteiger partial charge in [0.2, 0.25) is 11.8 Å². The SMILES string of the molecule is CC(C)(C)C(=O)N1CCN(CC(=O)N(CCC#N)c2ccccc2)CC1. The highest BCUT2D eigenvalue weighted by Crippen LogP contribution is 2.19. The van der Waals surface area contributed by atoms with Gasteiger partial charge in [-0.2, -0.15) is 5.26 Å². The summed E-state index contributed by atoms with van der Waals surface area (Å²) in [5.41, 5.74) is 0.439. The third-order valence-electron chi connectivity index (χ3n) is 4.48. The molecule has 0 atom stereocenters. The van der Waals surface area contributed by atoms with E-state index < -0.39 is 0 Å². The molecule has 26 heavy (non-hydrogen) atoms. The number of rotatable bonds is 5. The molecule has 0 radical (unpaired) electrons. The second kappa shape index (κ2) is 8.81. The van der Waals surface area contributed by atoms with Crippen molar-refractivity contribution in [3.63, 3.8) is 0 Å². The van der Waals surface area contributed by atoms with Crippen LogP contribution in [0.5, 0.6) is 0 Å². The highest BCUT2D eigenvalue weighted by Gasteiger charge is 2.30. The number of amides is 2. The molecule has 1 fully saturated rings. The van der Waals surface area contributed by atoms with E-state index in [1.807, 2.05) is 56.0 Å². The molecule has 0 bridgehead atoms.